The summed E-state index contributed by atoms with van der Waals surface area (Å²) in [6.45, 7) is 0. The molecule has 0 spiro atoms. The maximum absolute atomic E-state index is 11.5. The molecule has 0 fully saturated rings. The van der Waals surface area contributed by atoms with E-state index in [9.17, 15) is 9.90 Å². The van der Waals surface area contributed by atoms with E-state index >= 15 is 0 Å². The Bertz CT molecular complexity index is 763. The third-order valence-electron chi connectivity index (χ3n) is 2.74. The van der Waals surface area contributed by atoms with Crippen molar-refractivity contribution >= 4 is 11.0 Å². The molecule has 3 rings (SSSR count). The molecular formula is C14H9NO3. The lowest BCUT2D eigenvalue weighted by atomic mass is 10.0. The lowest BCUT2D eigenvalue weighted by molar-refractivity contribution is 0.479. The quantitative estimate of drug-likeness (QED) is 0.663. The van der Waals surface area contributed by atoms with E-state index in [0.29, 0.717) is 16.5 Å². The first-order valence-electron chi connectivity index (χ1n) is 5.42. The molecule has 1 N–H and O–H groups in total. The highest BCUT2D eigenvalue weighted by atomic mass is 16.4. The van der Waals surface area contributed by atoms with E-state index in [1.807, 2.05) is 0 Å². The minimum absolute atomic E-state index is 0.0862. The summed E-state index contributed by atoms with van der Waals surface area (Å²) in [6.07, 6.45) is 3.27. The van der Waals surface area contributed by atoms with Gasteiger partial charge in [-0.3, -0.25) is 4.98 Å². The maximum atomic E-state index is 11.5. The molecule has 2 aromatic heterocycles. The Kier molecular flexibility index (Phi) is 2.34. The Morgan fingerprint density at radius 3 is 2.67 bits per heavy atom. The summed E-state index contributed by atoms with van der Waals surface area (Å²) in [5.74, 6) is 0.0862. The van der Waals surface area contributed by atoms with Crippen molar-refractivity contribution in [2.45, 2.75) is 0 Å². The Hall–Kier alpha value is -2.62. The smallest absolute Gasteiger partial charge is 0.336 e. The zero-order valence-electron chi connectivity index (χ0n) is 9.33. The van der Waals surface area contributed by atoms with Gasteiger partial charge in [-0.15, -0.1) is 0 Å². The summed E-state index contributed by atoms with van der Waals surface area (Å²) in [4.78, 5) is 15.5. The molecule has 0 saturated heterocycles. The number of benzene rings is 1. The Morgan fingerprint density at radius 1 is 1.11 bits per heavy atom. The molecule has 0 bridgehead atoms. The number of hydrogen-bond acceptors (Lipinski definition) is 4. The SMILES string of the molecule is O=c1cc(-c2ccncc2)c2c(O)cccc2o1. The standard InChI is InChI=1S/C14H9NO3/c16-11-2-1-3-12-14(11)10(8-13(17)18-12)9-4-6-15-7-5-9/h1-8,16H. The largest absolute Gasteiger partial charge is 0.507 e. The molecule has 0 radical (unpaired) electrons. The second-order valence-electron chi connectivity index (χ2n) is 3.87. The fourth-order valence-electron chi connectivity index (χ4n) is 1.96. The molecule has 18 heavy (non-hydrogen) atoms. The summed E-state index contributed by atoms with van der Waals surface area (Å²) in [5, 5.41) is 10.5. The molecule has 0 aliphatic heterocycles. The number of nitrogens with zero attached hydrogens (tertiary/aromatic N) is 1. The van der Waals surface area contributed by atoms with Gasteiger partial charge in [-0.25, -0.2) is 4.79 Å². The molecule has 3 aromatic rings. The summed E-state index contributed by atoms with van der Waals surface area (Å²) >= 11 is 0. The van der Waals surface area contributed by atoms with Crippen molar-refractivity contribution in [3.63, 3.8) is 0 Å². The maximum Gasteiger partial charge on any atom is 0.336 e. The average Bonchev–Trinajstić information content (AvgIpc) is 2.39. The highest BCUT2D eigenvalue weighted by Crippen LogP contribution is 2.32. The van der Waals surface area contributed by atoms with Crippen LogP contribution in [-0.4, -0.2) is 10.1 Å². The zero-order valence-corrected chi connectivity index (χ0v) is 9.33. The van der Waals surface area contributed by atoms with E-state index in [0.717, 1.165) is 5.56 Å². The van der Waals surface area contributed by atoms with E-state index in [1.54, 1.807) is 42.7 Å². The van der Waals surface area contributed by atoms with Crippen LogP contribution in [0.2, 0.25) is 0 Å². The van der Waals surface area contributed by atoms with Gasteiger partial charge in [-0.05, 0) is 29.8 Å². The van der Waals surface area contributed by atoms with Crippen LogP contribution in [0.4, 0.5) is 0 Å². The van der Waals surface area contributed by atoms with Crippen LogP contribution in [0.5, 0.6) is 5.75 Å². The third-order valence-corrected chi connectivity index (χ3v) is 2.74. The number of aromatic nitrogens is 1. The molecular weight excluding hydrogens is 230 g/mol. The van der Waals surface area contributed by atoms with Gasteiger partial charge in [-0.1, -0.05) is 6.07 Å². The number of fused-ring (bicyclic) bond motifs is 1. The van der Waals surface area contributed by atoms with Gasteiger partial charge in [0.05, 0.1) is 5.39 Å². The molecule has 0 aliphatic carbocycles. The Balaban J connectivity index is 2.45. The first-order valence-corrected chi connectivity index (χ1v) is 5.42. The Labute approximate surface area is 102 Å². The lowest BCUT2D eigenvalue weighted by Gasteiger charge is -2.06. The Morgan fingerprint density at radius 2 is 1.89 bits per heavy atom. The minimum Gasteiger partial charge on any atom is -0.507 e. The predicted octanol–water partition coefficient (Wildman–Crippen LogP) is 2.56. The molecule has 4 nitrogen and oxygen atoms in total. The van der Waals surface area contributed by atoms with Gasteiger partial charge in [0, 0.05) is 24.0 Å². The van der Waals surface area contributed by atoms with Crippen LogP contribution in [0.1, 0.15) is 0 Å². The van der Waals surface area contributed by atoms with Crippen LogP contribution in [0.3, 0.4) is 0 Å². The number of rotatable bonds is 1. The van der Waals surface area contributed by atoms with Gasteiger partial charge < -0.3 is 9.52 Å². The van der Waals surface area contributed by atoms with Gasteiger partial charge >= 0.3 is 5.63 Å². The first-order chi connectivity index (χ1) is 8.75. The van der Waals surface area contributed by atoms with E-state index in [2.05, 4.69) is 4.98 Å². The van der Waals surface area contributed by atoms with Gasteiger partial charge in [0.15, 0.2) is 0 Å². The average molecular weight is 239 g/mol. The second kappa shape index (κ2) is 4.00. The van der Waals surface area contributed by atoms with E-state index in [4.69, 9.17) is 4.42 Å². The number of pyridine rings is 1. The lowest BCUT2D eigenvalue weighted by Crippen LogP contribution is -1.98. The summed E-state index contributed by atoms with van der Waals surface area (Å²) in [5.41, 5.74) is 1.38. The molecule has 0 amide bonds. The van der Waals surface area contributed by atoms with Gasteiger partial charge in [0.1, 0.15) is 11.3 Å². The molecule has 4 heteroatoms. The van der Waals surface area contributed by atoms with Crippen molar-refractivity contribution < 1.29 is 9.52 Å². The molecule has 0 saturated carbocycles. The predicted molar refractivity (Wildman–Crippen MR) is 67.4 cm³/mol. The van der Waals surface area contributed by atoms with Crippen LogP contribution < -0.4 is 5.63 Å². The minimum atomic E-state index is -0.445. The van der Waals surface area contributed by atoms with E-state index in [-0.39, 0.29) is 5.75 Å². The fourth-order valence-corrected chi connectivity index (χ4v) is 1.96. The van der Waals surface area contributed by atoms with Crippen molar-refractivity contribution in [1.82, 2.24) is 4.98 Å². The van der Waals surface area contributed by atoms with Crippen molar-refractivity contribution in [3.8, 4) is 16.9 Å². The van der Waals surface area contributed by atoms with Crippen molar-refractivity contribution in [1.29, 1.82) is 0 Å². The van der Waals surface area contributed by atoms with Crippen molar-refractivity contribution in [2.24, 2.45) is 0 Å². The zero-order chi connectivity index (χ0) is 12.5. The molecule has 0 atom stereocenters. The van der Waals surface area contributed by atoms with E-state index in [1.165, 1.54) is 6.07 Å². The van der Waals surface area contributed by atoms with Crippen LogP contribution in [0.25, 0.3) is 22.1 Å². The number of phenols is 1. The summed E-state index contributed by atoms with van der Waals surface area (Å²) in [6, 6.07) is 9.78. The topological polar surface area (TPSA) is 63.3 Å². The second-order valence-corrected chi connectivity index (χ2v) is 3.87. The fraction of sp³-hybridized carbons (Fsp3) is 0. The molecule has 2 heterocycles. The van der Waals surface area contributed by atoms with Crippen LogP contribution >= 0.6 is 0 Å². The summed E-state index contributed by atoms with van der Waals surface area (Å²) in [7, 11) is 0. The van der Waals surface area contributed by atoms with Crippen molar-refractivity contribution in [3.05, 3.63) is 59.2 Å². The van der Waals surface area contributed by atoms with Gasteiger partial charge in [0.25, 0.3) is 0 Å². The van der Waals surface area contributed by atoms with Crippen molar-refractivity contribution in [2.75, 3.05) is 0 Å². The molecule has 88 valence electrons. The number of hydrogen-bond donors (Lipinski definition) is 1. The highest BCUT2D eigenvalue weighted by molar-refractivity contribution is 5.97. The third kappa shape index (κ3) is 1.64. The number of aromatic hydroxyl groups is 1. The summed E-state index contributed by atoms with van der Waals surface area (Å²) < 4.78 is 5.07. The van der Waals surface area contributed by atoms with Crippen LogP contribution in [0, 0.1) is 0 Å². The monoisotopic (exact) mass is 239 g/mol. The normalized spacial score (nSPS) is 10.7. The number of phenolic OH excluding ortho intramolecular Hbond substituents is 1. The molecule has 0 aliphatic rings. The molecule has 0 unspecified atom stereocenters. The van der Waals surface area contributed by atoms with Gasteiger partial charge in [-0.2, -0.15) is 0 Å². The van der Waals surface area contributed by atoms with Crippen LogP contribution in [-0.2, 0) is 0 Å². The first kappa shape index (κ1) is 10.5. The van der Waals surface area contributed by atoms with E-state index < -0.39 is 5.63 Å². The van der Waals surface area contributed by atoms with Crippen LogP contribution in [0.15, 0.2) is 58.0 Å². The highest BCUT2D eigenvalue weighted by Gasteiger charge is 2.10. The molecule has 1 aromatic carbocycles. The van der Waals surface area contributed by atoms with Gasteiger partial charge in [0.2, 0.25) is 0 Å².